The van der Waals surface area contributed by atoms with E-state index in [0.717, 1.165) is 5.56 Å². The minimum Gasteiger partial charge on any atom is -0.493 e. The second-order valence-corrected chi connectivity index (χ2v) is 7.95. The van der Waals surface area contributed by atoms with Gasteiger partial charge in [-0.1, -0.05) is 36.3 Å². The summed E-state index contributed by atoms with van der Waals surface area (Å²) < 4.78 is 23.1. The number of benzene rings is 3. The molecule has 0 aliphatic rings. The Kier molecular flexibility index (Phi) is 9.58. The Hall–Kier alpha value is -3.96. The first-order chi connectivity index (χ1) is 17.0. The van der Waals surface area contributed by atoms with Crippen LogP contribution in [0, 0.1) is 12.3 Å². The summed E-state index contributed by atoms with van der Waals surface area (Å²) in [6.45, 7) is 2.82. The molecule has 35 heavy (non-hydrogen) atoms. The zero-order chi connectivity index (χ0) is 25.0. The third kappa shape index (κ3) is 7.26. The molecular weight excluding hydrogens is 512 g/mol. The van der Waals surface area contributed by atoms with Gasteiger partial charge in [0, 0.05) is 5.56 Å². The van der Waals surface area contributed by atoms with Crippen LogP contribution in [0.15, 0.2) is 70.2 Å². The number of hydrogen-bond acceptors (Lipinski definition) is 6. The molecule has 1 amide bonds. The van der Waals surface area contributed by atoms with Crippen molar-refractivity contribution in [3.63, 3.8) is 0 Å². The highest BCUT2D eigenvalue weighted by atomic mass is 79.9. The normalized spacial score (nSPS) is 10.5. The molecule has 0 atom stereocenters. The van der Waals surface area contributed by atoms with Gasteiger partial charge in [-0.25, -0.2) is 5.43 Å². The van der Waals surface area contributed by atoms with Gasteiger partial charge in [0.05, 0.1) is 24.4 Å². The van der Waals surface area contributed by atoms with Crippen LogP contribution in [0.3, 0.4) is 0 Å². The lowest BCUT2D eigenvalue weighted by Gasteiger charge is -2.13. The van der Waals surface area contributed by atoms with E-state index in [4.69, 9.17) is 25.4 Å². The molecule has 0 bridgehead atoms. The van der Waals surface area contributed by atoms with Crippen molar-refractivity contribution in [3.05, 3.63) is 81.8 Å². The number of nitrogens with zero attached hydrogens (tertiary/aromatic N) is 1. The summed E-state index contributed by atoms with van der Waals surface area (Å²) in [6, 6.07) is 18.3. The molecule has 0 radical (unpaired) electrons. The molecule has 0 heterocycles. The van der Waals surface area contributed by atoms with E-state index in [2.05, 4.69) is 32.4 Å². The summed E-state index contributed by atoms with van der Waals surface area (Å²) >= 11 is 3.46. The average molecular weight is 537 g/mol. The Balaban J connectivity index is 1.67. The molecule has 0 spiro atoms. The molecule has 1 N–H and O–H groups in total. The van der Waals surface area contributed by atoms with Crippen molar-refractivity contribution in [2.75, 3.05) is 20.3 Å². The van der Waals surface area contributed by atoms with Crippen LogP contribution in [0.1, 0.15) is 28.4 Å². The van der Waals surface area contributed by atoms with Crippen LogP contribution in [0.2, 0.25) is 0 Å². The third-order valence-electron chi connectivity index (χ3n) is 4.67. The van der Waals surface area contributed by atoms with Gasteiger partial charge in [-0.2, -0.15) is 5.10 Å². The summed E-state index contributed by atoms with van der Waals surface area (Å²) in [5.74, 6) is 4.04. The van der Waals surface area contributed by atoms with E-state index in [-0.39, 0.29) is 6.61 Å². The number of halogens is 1. The lowest BCUT2D eigenvalue weighted by Crippen LogP contribution is -2.17. The summed E-state index contributed by atoms with van der Waals surface area (Å²) in [6.07, 6.45) is 6.79. The zero-order valence-electron chi connectivity index (χ0n) is 19.4. The number of rotatable bonds is 11. The number of carbonyl (C=O) groups is 1. The number of carbonyl (C=O) groups excluding carboxylic acids is 1. The van der Waals surface area contributed by atoms with Gasteiger partial charge in [0.2, 0.25) is 0 Å². The molecular formula is C27H25BrN2O5. The maximum Gasteiger partial charge on any atom is 0.271 e. The van der Waals surface area contributed by atoms with Crippen molar-refractivity contribution < 1.29 is 23.7 Å². The molecule has 0 saturated heterocycles. The summed E-state index contributed by atoms with van der Waals surface area (Å²) in [5, 5.41) is 4.06. The van der Waals surface area contributed by atoms with Gasteiger partial charge in [0.25, 0.3) is 5.91 Å². The van der Waals surface area contributed by atoms with Crippen molar-refractivity contribution in [1.29, 1.82) is 0 Å². The lowest BCUT2D eigenvalue weighted by atomic mass is 10.2. The minimum absolute atomic E-state index is 0.113. The van der Waals surface area contributed by atoms with Gasteiger partial charge in [-0.15, -0.1) is 6.42 Å². The first-order valence-electron chi connectivity index (χ1n) is 10.8. The van der Waals surface area contributed by atoms with Crippen molar-refractivity contribution in [2.45, 2.75) is 13.5 Å². The van der Waals surface area contributed by atoms with Crippen molar-refractivity contribution in [1.82, 2.24) is 5.43 Å². The predicted octanol–water partition coefficient (Wildman–Crippen LogP) is 5.21. The average Bonchev–Trinajstić information content (AvgIpc) is 2.87. The molecule has 8 heteroatoms. The fourth-order valence-electron chi connectivity index (χ4n) is 3.07. The Bertz CT molecular complexity index is 1220. The molecule has 3 aromatic carbocycles. The van der Waals surface area contributed by atoms with Crippen LogP contribution in [-0.2, 0) is 6.61 Å². The van der Waals surface area contributed by atoms with Crippen LogP contribution < -0.4 is 24.4 Å². The highest BCUT2D eigenvalue weighted by Crippen LogP contribution is 2.36. The zero-order valence-corrected chi connectivity index (χ0v) is 21.0. The first-order valence-corrected chi connectivity index (χ1v) is 11.6. The van der Waals surface area contributed by atoms with E-state index in [1.807, 2.05) is 37.3 Å². The fourth-order valence-corrected chi connectivity index (χ4v) is 3.65. The fraction of sp³-hybridized carbons (Fsp3) is 0.185. The molecule has 180 valence electrons. The summed E-state index contributed by atoms with van der Waals surface area (Å²) in [5.41, 5.74) is 4.61. The van der Waals surface area contributed by atoms with Crippen molar-refractivity contribution >= 4 is 28.1 Å². The molecule has 3 aromatic rings. The van der Waals surface area contributed by atoms with Gasteiger partial charge in [-0.3, -0.25) is 4.79 Å². The maximum absolute atomic E-state index is 12.6. The molecule has 0 aromatic heterocycles. The standard InChI is InChI=1S/C27H25BrN2O5/c1-4-13-34-26-22(28)14-20(15-25(26)33-5-2)17-29-30-27(31)21-11-12-23(24(16-21)32-3)35-18-19-9-7-6-8-10-19/h1,6-12,14-17H,5,13,18H2,2-3H3,(H,30,31)/b29-17+. The number of terminal acetylenes is 1. The van der Waals surface area contributed by atoms with Gasteiger partial charge < -0.3 is 18.9 Å². The SMILES string of the molecule is C#CCOc1c(Br)cc(/C=N/NC(=O)c2ccc(OCc3ccccc3)c(OC)c2)cc1OCC. The van der Waals surface area contributed by atoms with Gasteiger partial charge in [-0.05, 0) is 64.3 Å². The topological polar surface area (TPSA) is 78.4 Å². The molecule has 0 aliphatic heterocycles. The van der Waals surface area contributed by atoms with E-state index >= 15 is 0 Å². The quantitative estimate of drug-likeness (QED) is 0.207. The van der Waals surface area contributed by atoms with E-state index in [9.17, 15) is 4.79 Å². The largest absolute Gasteiger partial charge is 0.493 e. The number of methoxy groups -OCH3 is 1. The summed E-state index contributed by atoms with van der Waals surface area (Å²) in [4.78, 5) is 12.6. The molecule has 0 fully saturated rings. The molecule has 7 nitrogen and oxygen atoms in total. The third-order valence-corrected chi connectivity index (χ3v) is 5.26. The number of ether oxygens (including phenoxy) is 4. The van der Waals surface area contributed by atoms with Crippen molar-refractivity contribution in [2.24, 2.45) is 5.10 Å². The first kappa shape index (κ1) is 25.7. The number of hydrazone groups is 1. The van der Waals surface area contributed by atoms with Gasteiger partial charge in [0.15, 0.2) is 23.0 Å². The van der Waals surface area contributed by atoms with Crippen LogP contribution in [0.5, 0.6) is 23.0 Å². The lowest BCUT2D eigenvalue weighted by molar-refractivity contribution is 0.0954. The van der Waals surface area contributed by atoms with Crippen molar-refractivity contribution in [3.8, 4) is 35.3 Å². The summed E-state index contributed by atoms with van der Waals surface area (Å²) in [7, 11) is 1.52. The smallest absolute Gasteiger partial charge is 0.271 e. The number of nitrogens with one attached hydrogen (secondary N) is 1. The Morgan fingerprint density at radius 3 is 2.57 bits per heavy atom. The Morgan fingerprint density at radius 1 is 1.06 bits per heavy atom. The van der Waals surface area contributed by atoms with E-state index < -0.39 is 5.91 Å². The van der Waals surface area contributed by atoms with Crippen LogP contribution in [-0.4, -0.2) is 32.4 Å². The van der Waals surface area contributed by atoms with E-state index in [1.165, 1.54) is 13.3 Å². The predicted molar refractivity (Wildman–Crippen MR) is 138 cm³/mol. The molecule has 0 aliphatic carbocycles. The number of amides is 1. The van der Waals surface area contributed by atoms with Crippen LogP contribution in [0.4, 0.5) is 0 Å². The molecule has 0 unspecified atom stereocenters. The second kappa shape index (κ2) is 13.1. The highest BCUT2D eigenvalue weighted by Gasteiger charge is 2.13. The van der Waals surface area contributed by atoms with E-state index in [0.29, 0.717) is 51.8 Å². The van der Waals surface area contributed by atoms with E-state index in [1.54, 1.807) is 30.3 Å². The maximum atomic E-state index is 12.6. The Morgan fingerprint density at radius 2 is 1.86 bits per heavy atom. The van der Waals surface area contributed by atoms with Crippen LogP contribution in [0.25, 0.3) is 0 Å². The van der Waals surface area contributed by atoms with Gasteiger partial charge in [0.1, 0.15) is 13.2 Å². The number of hydrogen-bond donors (Lipinski definition) is 1. The molecule has 0 saturated carbocycles. The minimum atomic E-state index is -0.396. The van der Waals surface area contributed by atoms with Gasteiger partial charge >= 0.3 is 0 Å². The molecule has 3 rings (SSSR count). The highest BCUT2D eigenvalue weighted by molar-refractivity contribution is 9.10. The van der Waals surface area contributed by atoms with Crippen LogP contribution >= 0.6 is 15.9 Å². The Labute approximate surface area is 213 Å². The second-order valence-electron chi connectivity index (χ2n) is 7.09. The monoisotopic (exact) mass is 536 g/mol.